The summed E-state index contributed by atoms with van der Waals surface area (Å²) in [5.41, 5.74) is 1.01. The number of carbonyl (C=O) groups excluding carboxylic acids is 1. The lowest BCUT2D eigenvalue weighted by atomic mass is 10.1. The van der Waals surface area contributed by atoms with Gasteiger partial charge >= 0.3 is 5.97 Å². The molecule has 0 amide bonds. The zero-order chi connectivity index (χ0) is 12.0. The molecule has 0 aromatic heterocycles. The van der Waals surface area contributed by atoms with Crippen molar-refractivity contribution in [3.8, 4) is 5.75 Å². The van der Waals surface area contributed by atoms with E-state index in [9.17, 15) is 9.59 Å². The largest absolute Gasteiger partial charge is 0.494 e. The van der Waals surface area contributed by atoms with Gasteiger partial charge in [-0.25, -0.2) is 0 Å². The van der Waals surface area contributed by atoms with Crippen molar-refractivity contribution < 1.29 is 19.4 Å². The summed E-state index contributed by atoms with van der Waals surface area (Å²) in [6, 6.07) is 4.81. The van der Waals surface area contributed by atoms with Gasteiger partial charge in [0.05, 0.1) is 13.0 Å². The normalized spacial score (nSPS) is 9.81. The third kappa shape index (κ3) is 3.73. The molecule has 0 unspecified atom stereocenters. The van der Waals surface area contributed by atoms with Gasteiger partial charge in [-0.1, -0.05) is 6.92 Å². The molecule has 0 aliphatic rings. The molecular formula is C12H14O4. The van der Waals surface area contributed by atoms with E-state index in [1.807, 2.05) is 6.92 Å². The molecule has 4 nitrogen and oxygen atoms in total. The third-order valence-corrected chi connectivity index (χ3v) is 1.95. The van der Waals surface area contributed by atoms with Crippen LogP contribution in [0.25, 0.3) is 0 Å². The van der Waals surface area contributed by atoms with Gasteiger partial charge in [-0.15, -0.1) is 0 Å². The Morgan fingerprint density at radius 2 is 2.19 bits per heavy atom. The summed E-state index contributed by atoms with van der Waals surface area (Å²) >= 11 is 0. The van der Waals surface area contributed by atoms with Gasteiger partial charge in [0.15, 0.2) is 0 Å². The Balaban J connectivity index is 2.91. The number of hydrogen-bond acceptors (Lipinski definition) is 3. The van der Waals surface area contributed by atoms with Crippen molar-refractivity contribution in [3.05, 3.63) is 29.3 Å². The van der Waals surface area contributed by atoms with E-state index in [0.717, 1.165) is 6.42 Å². The molecule has 0 heterocycles. The summed E-state index contributed by atoms with van der Waals surface area (Å²) in [7, 11) is 0. The molecule has 1 aromatic carbocycles. The Morgan fingerprint density at radius 1 is 1.44 bits per heavy atom. The number of aliphatic carboxylic acids is 1. The Morgan fingerprint density at radius 3 is 2.75 bits per heavy atom. The second kappa shape index (κ2) is 5.90. The highest BCUT2D eigenvalue weighted by atomic mass is 16.5. The van der Waals surface area contributed by atoms with Crippen molar-refractivity contribution >= 4 is 12.3 Å². The van der Waals surface area contributed by atoms with E-state index in [-0.39, 0.29) is 6.42 Å². The molecule has 1 rings (SSSR count). The first-order valence-electron chi connectivity index (χ1n) is 5.09. The number of carbonyl (C=O) groups is 2. The number of ether oxygens (including phenoxy) is 1. The summed E-state index contributed by atoms with van der Waals surface area (Å²) in [6.45, 7) is 2.52. The predicted molar refractivity (Wildman–Crippen MR) is 59.0 cm³/mol. The maximum Gasteiger partial charge on any atom is 0.307 e. The number of hydrogen-bond donors (Lipinski definition) is 1. The van der Waals surface area contributed by atoms with Crippen LogP contribution in [0.5, 0.6) is 5.75 Å². The first-order valence-corrected chi connectivity index (χ1v) is 5.09. The Labute approximate surface area is 93.9 Å². The van der Waals surface area contributed by atoms with Crippen LogP contribution in [0.3, 0.4) is 0 Å². The molecule has 1 N–H and O–H groups in total. The summed E-state index contributed by atoms with van der Waals surface area (Å²) in [5.74, 6) is -0.382. The zero-order valence-electron chi connectivity index (χ0n) is 9.10. The van der Waals surface area contributed by atoms with Crippen LogP contribution in [0.15, 0.2) is 18.2 Å². The second-order valence-corrected chi connectivity index (χ2v) is 3.45. The van der Waals surface area contributed by atoms with Gasteiger partial charge in [0, 0.05) is 5.56 Å². The molecule has 4 heteroatoms. The molecule has 0 saturated carbocycles. The molecule has 0 aliphatic heterocycles. The van der Waals surface area contributed by atoms with E-state index in [1.165, 1.54) is 0 Å². The van der Waals surface area contributed by atoms with Gasteiger partial charge in [-0.05, 0) is 30.2 Å². The van der Waals surface area contributed by atoms with Crippen molar-refractivity contribution in [3.63, 3.8) is 0 Å². The Bertz CT molecular complexity index is 385. The van der Waals surface area contributed by atoms with Crippen molar-refractivity contribution in [2.75, 3.05) is 6.61 Å². The molecule has 0 radical (unpaired) electrons. The van der Waals surface area contributed by atoms with E-state index in [1.54, 1.807) is 18.2 Å². The SMILES string of the molecule is CCCOc1cc(C=O)cc(CC(=O)O)c1. The van der Waals surface area contributed by atoms with E-state index in [4.69, 9.17) is 9.84 Å². The Hall–Kier alpha value is -1.84. The van der Waals surface area contributed by atoms with Crippen LogP contribution in [0.4, 0.5) is 0 Å². The highest BCUT2D eigenvalue weighted by Gasteiger charge is 2.05. The lowest BCUT2D eigenvalue weighted by molar-refractivity contribution is -0.136. The Kier molecular flexibility index (Phi) is 4.51. The van der Waals surface area contributed by atoms with E-state index in [2.05, 4.69) is 0 Å². The molecule has 86 valence electrons. The second-order valence-electron chi connectivity index (χ2n) is 3.45. The number of benzene rings is 1. The lowest BCUT2D eigenvalue weighted by Crippen LogP contribution is -2.02. The van der Waals surface area contributed by atoms with Gasteiger partial charge in [-0.3, -0.25) is 9.59 Å². The standard InChI is InChI=1S/C12H14O4/c1-2-3-16-11-5-9(7-12(14)15)4-10(6-11)8-13/h4-6,8H,2-3,7H2,1H3,(H,14,15). The molecular weight excluding hydrogens is 208 g/mol. The van der Waals surface area contributed by atoms with Gasteiger partial charge < -0.3 is 9.84 Å². The van der Waals surface area contributed by atoms with Crippen molar-refractivity contribution in [1.29, 1.82) is 0 Å². The summed E-state index contributed by atoms with van der Waals surface area (Å²) in [5, 5.41) is 8.67. The molecule has 0 spiro atoms. The molecule has 0 aliphatic carbocycles. The average Bonchev–Trinajstić information content (AvgIpc) is 2.25. The fraction of sp³-hybridized carbons (Fsp3) is 0.333. The minimum atomic E-state index is -0.926. The highest BCUT2D eigenvalue weighted by Crippen LogP contribution is 2.17. The maximum atomic E-state index is 10.7. The average molecular weight is 222 g/mol. The minimum Gasteiger partial charge on any atom is -0.494 e. The fourth-order valence-corrected chi connectivity index (χ4v) is 1.33. The van der Waals surface area contributed by atoms with Gasteiger partial charge in [0.2, 0.25) is 0 Å². The first kappa shape index (κ1) is 12.2. The monoisotopic (exact) mass is 222 g/mol. The fourth-order valence-electron chi connectivity index (χ4n) is 1.33. The highest BCUT2D eigenvalue weighted by molar-refractivity contribution is 5.77. The predicted octanol–water partition coefficient (Wildman–Crippen LogP) is 1.92. The summed E-state index contributed by atoms with van der Waals surface area (Å²) in [6.07, 6.45) is 1.44. The van der Waals surface area contributed by atoms with Crippen LogP contribution in [-0.4, -0.2) is 24.0 Å². The molecule has 0 bridgehead atoms. The minimum absolute atomic E-state index is 0.107. The number of aldehydes is 1. The van der Waals surface area contributed by atoms with E-state index < -0.39 is 5.97 Å². The maximum absolute atomic E-state index is 10.7. The van der Waals surface area contributed by atoms with Gasteiger partial charge in [0.1, 0.15) is 12.0 Å². The van der Waals surface area contributed by atoms with Crippen LogP contribution in [0.1, 0.15) is 29.3 Å². The molecule has 0 fully saturated rings. The van der Waals surface area contributed by atoms with E-state index in [0.29, 0.717) is 29.8 Å². The summed E-state index contributed by atoms with van der Waals surface area (Å²) < 4.78 is 5.37. The quantitative estimate of drug-likeness (QED) is 0.747. The third-order valence-electron chi connectivity index (χ3n) is 1.95. The van der Waals surface area contributed by atoms with Crippen molar-refractivity contribution in [2.45, 2.75) is 19.8 Å². The van der Waals surface area contributed by atoms with E-state index >= 15 is 0 Å². The van der Waals surface area contributed by atoms with Gasteiger partial charge in [-0.2, -0.15) is 0 Å². The number of carboxylic acids is 1. The van der Waals surface area contributed by atoms with Crippen LogP contribution < -0.4 is 4.74 Å². The van der Waals surface area contributed by atoms with Crippen LogP contribution in [-0.2, 0) is 11.2 Å². The first-order chi connectivity index (χ1) is 7.65. The van der Waals surface area contributed by atoms with Crippen molar-refractivity contribution in [2.24, 2.45) is 0 Å². The molecule has 0 saturated heterocycles. The molecule has 1 aromatic rings. The lowest BCUT2D eigenvalue weighted by Gasteiger charge is -2.07. The topological polar surface area (TPSA) is 63.6 Å². The van der Waals surface area contributed by atoms with Crippen LogP contribution in [0, 0.1) is 0 Å². The molecule has 16 heavy (non-hydrogen) atoms. The number of rotatable bonds is 6. The number of carboxylic acid groups (broad SMARTS) is 1. The molecule has 0 atom stereocenters. The zero-order valence-corrected chi connectivity index (χ0v) is 9.10. The smallest absolute Gasteiger partial charge is 0.307 e. The van der Waals surface area contributed by atoms with Crippen LogP contribution in [0.2, 0.25) is 0 Å². The van der Waals surface area contributed by atoms with Crippen LogP contribution >= 0.6 is 0 Å². The van der Waals surface area contributed by atoms with Crippen molar-refractivity contribution in [1.82, 2.24) is 0 Å². The summed E-state index contributed by atoms with van der Waals surface area (Å²) in [4.78, 5) is 21.2. The van der Waals surface area contributed by atoms with Gasteiger partial charge in [0.25, 0.3) is 0 Å².